The van der Waals surface area contributed by atoms with E-state index in [9.17, 15) is 4.39 Å². The normalized spacial score (nSPS) is 14.4. The van der Waals surface area contributed by atoms with Gasteiger partial charge in [0.15, 0.2) is 0 Å². The van der Waals surface area contributed by atoms with Crippen molar-refractivity contribution in [3.8, 4) is 0 Å². The van der Waals surface area contributed by atoms with Gasteiger partial charge in [-0.25, -0.2) is 9.37 Å². The molecular formula is C17H15BrFN3. The highest BCUT2D eigenvalue weighted by molar-refractivity contribution is 9.10. The van der Waals surface area contributed by atoms with E-state index in [1.807, 2.05) is 12.3 Å². The van der Waals surface area contributed by atoms with E-state index in [1.165, 1.54) is 17.3 Å². The number of nitrogens with one attached hydrogen (secondary N) is 1. The summed E-state index contributed by atoms with van der Waals surface area (Å²) in [6.07, 6.45) is 2.75. The van der Waals surface area contributed by atoms with Gasteiger partial charge in [0.05, 0.1) is 0 Å². The first-order chi connectivity index (χ1) is 10.6. The van der Waals surface area contributed by atoms with Crippen LogP contribution in [0.4, 0.5) is 10.2 Å². The fourth-order valence-corrected chi connectivity index (χ4v) is 3.68. The highest BCUT2D eigenvalue weighted by atomic mass is 79.9. The van der Waals surface area contributed by atoms with Crippen LogP contribution in [-0.4, -0.2) is 16.5 Å². The molecule has 0 saturated heterocycles. The van der Waals surface area contributed by atoms with Gasteiger partial charge in [-0.2, -0.15) is 0 Å². The molecule has 22 heavy (non-hydrogen) atoms. The van der Waals surface area contributed by atoms with E-state index < -0.39 is 0 Å². The summed E-state index contributed by atoms with van der Waals surface area (Å²) in [6, 6.07) is 7.02. The molecule has 2 aromatic heterocycles. The van der Waals surface area contributed by atoms with Crippen LogP contribution in [0.25, 0.3) is 10.9 Å². The maximum Gasteiger partial charge on any atom is 0.131 e. The van der Waals surface area contributed by atoms with Gasteiger partial charge < -0.3 is 9.88 Å². The maximum absolute atomic E-state index is 13.6. The summed E-state index contributed by atoms with van der Waals surface area (Å²) in [7, 11) is 0. The number of benzene rings is 1. The Morgan fingerprint density at radius 2 is 2.18 bits per heavy atom. The second-order valence-electron chi connectivity index (χ2n) is 5.74. The molecule has 0 amide bonds. The molecule has 3 nitrogen and oxygen atoms in total. The van der Waals surface area contributed by atoms with Crippen molar-refractivity contribution >= 4 is 32.7 Å². The summed E-state index contributed by atoms with van der Waals surface area (Å²) in [5.74, 6) is 0.809. The lowest BCUT2D eigenvalue weighted by molar-refractivity contribution is 0.629. The summed E-state index contributed by atoms with van der Waals surface area (Å²) in [4.78, 5) is 10.2. The van der Waals surface area contributed by atoms with Crippen LogP contribution in [0, 0.1) is 12.7 Å². The van der Waals surface area contributed by atoms with E-state index >= 15 is 0 Å². The van der Waals surface area contributed by atoms with E-state index in [0.717, 1.165) is 46.3 Å². The molecule has 0 unspecified atom stereocenters. The van der Waals surface area contributed by atoms with Crippen molar-refractivity contribution in [1.29, 1.82) is 0 Å². The molecule has 0 atom stereocenters. The molecule has 1 aromatic carbocycles. The topological polar surface area (TPSA) is 31.9 Å². The summed E-state index contributed by atoms with van der Waals surface area (Å²) in [5.41, 5.74) is 4.55. The molecular weight excluding hydrogens is 345 g/mol. The molecule has 0 radical (unpaired) electrons. The fraction of sp³-hybridized carbons (Fsp3) is 0.235. The van der Waals surface area contributed by atoms with Crippen molar-refractivity contribution in [2.75, 3.05) is 11.4 Å². The van der Waals surface area contributed by atoms with Gasteiger partial charge >= 0.3 is 0 Å². The smallest absolute Gasteiger partial charge is 0.131 e. The molecule has 0 spiro atoms. The Balaban J connectivity index is 1.77. The molecule has 112 valence electrons. The van der Waals surface area contributed by atoms with E-state index in [4.69, 9.17) is 0 Å². The largest absolute Gasteiger partial charge is 0.358 e. The van der Waals surface area contributed by atoms with Gasteiger partial charge in [0.2, 0.25) is 0 Å². The highest BCUT2D eigenvalue weighted by Crippen LogP contribution is 2.31. The molecule has 5 heteroatoms. The average molecular weight is 360 g/mol. The van der Waals surface area contributed by atoms with Gasteiger partial charge in [0, 0.05) is 52.3 Å². The third-order valence-corrected chi connectivity index (χ3v) is 4.69. The number of hydrogen-bond acceptors (Lipinski definition) is 2. The van der Waals surface area contributed by atoms with E-state index in [1.54, 1.807) is 6.07 Å². The first-order valence-electron chi connectivity index (χ1n) is 7.28. The van der Waals surface area contributed by atoms with E-state index in [-0.39, 0.29) is 5.82 Å². The van der Waals surface area contributed by atoms with E-state index in [2.05, 4.69) is 43.8 Å². The molecule has 1 aliphatic heterocycles. The summed E-state index contributed by atoms with van der Waals surface area (Å²) < 4.78 is 14.6. The summed E-state index contributed by atoms with van der Waals surface area (Å²) >= 11 is 3.45. The van der Waals surface area contributed by atoms with Crippen molar-refractivity contribution in [1.82, 2.24) is 9.97 Å². The Morgan fingerprint density at radius 3 is 3.00 bits per heavy atom. The predicted molar refractivity (Wildman–Crippen MR) is 89.7 cm³/mol. The first-order valence-corrected chi connectivity index (χ1v) is 8.07. The molecule has 1 N–H and O–H groups in total. The van der Waals surface area contributed by atoms with E-state index in [0.29, 0.717) is 0 Å². The summed E-state index contributed by atoms with van der Waals surface area (Å²) in [6.45, 7) is 3.74. The molecule has 0 aliphatic carbocycles. The van der Waals surface area contributed by atoms with Gasteiger partial charge in [-0.1, -0.05) is 0 Å². The number of aromatic nitrogens is 2. The number of rotatable bonds is 1. The van der Waals surface area contributed by atoms with Crippen LogP contribution in [0.1, 0.15) is 16.8 Å². The number of H-pyrrole nitrogens is 1. The highest BCUT2D eigenvalue weighted by Gasteiger charge is 2.22. The summed E-state index contributed by atoms with van der Waals surface area (Å²) in [5, 5.41) is 0.981. The molecule has 1 aliphatic rings. The SMILES string of the molecule is Cc1cc(Br)cnc1N1CCc2[nH]c3ccc(F)cc3c2C1. The minimum atomic E-state index is -0.190. The number of hydrogen-bond donors (Lipinski definition) is 1. The van der Waals surface area contributed by atoms with Crippen molar-refractivity contribution in [2.24, 2.45) is 0 Å². The second kappa shape index (κ2) is 5.09. The zero-order valence-electron chi connectivity index (χ0n) is 12.2. The molecule has 3 aromatic rings. The van der Waals surface area contributed by atoms with Crippen molar-refractivity contribution in [3.05, 3.63) is 57.6 Å². The maximum atomic E-state index is 13.6. The van der Waals surface area contributed by atoms with Gasteiger partial charge in [-0.15, -0.1) is 0 Å². The number of anilines is 1. The first kappa shape index (κ1) is 13.8. The van der Waals surface area contributed by atoms with Crippen molar-refractivity contribution < 1.29 is 4.39 Å². The second-order valence-corrected chi connectivity index (χ2v) is 6.65. The lowest BCUT2D eigenvalue weighted by Gasteiger charge is -2.29. The Hall–Kier alpha value is -1.88. The van der Waals surface area contributed by atoms with Crippen LogP contribution in [-0.2, 0) is 13.0 Å². The van der Waals surface area contributed by atoms with Gasteiger partial charge in [-0.05, 0) is 52.7 Å². The number of fused-ring (bicyclic) bond motifs is 3. The lowest BCUT2D eigenvalue weighted by atomic mass is 10.0. The molecule has 0 bridgehead atoms. The van der Waals surface area contributed by atoms with Gasteiger partial charge in [0.1, 0.15) is 11.6 Å². The number of halogens is 2. The molecule has 0 saturated carbocycles. The Morgan fingerprint density at radius 1 is 1.32 bits per heavy atom. The number of nitrogens with zero attached hydrogens (tertiary/aromatic N) is 2. The minimum absolute atomic E-state index is 0.190. The third kappa shape index (κ3) is 2.20. The zero-order valence-corrected chi connectivity index (χ0v) is 13.7. The van der Waals surface area contributed by atoms with Gasteiger partial charge in [0.25, 0.3) is 0 Å². The Kier molecular flexibility index (Phi) is 3.18. The lowest BCUT2D eigenvalue weighted by Crippen LogP contribution is -2.31. The standard InChI is InChI=1S/C17H15BrFN3/c1-10-6-11(18)8-20-17(10)22-5-4-16-14(9-22)13-7-12(19)2-3-15(13)21-16/h2-3,6-8,21H,4-5,9H2,1H3. The number of aromatic amines is 1. The Labute approximate surface area is 136 Å². The van der Waals surface area contributed by atoms with Crippen molar-refractivity contribution in [2.45, 2.75) is 19.9 Å². The monoisotopic (exact) mass is 359 g/mol. The molecule has 3 heterocycles. The quantitative estimate of drug-likeness (QED) is 0.700. The van der Waals surface area contributed by atoms with Crippen LogP contribution in [0.15, 0.2) is 34.9 Å². The van der Waals surface area contributed by atoms with Crippen LogP contribution in [0.2, 0.25) is 0 Å². The number of aryl methyl sites for hydroxylation is 1. The van der Waals surface area contributed by atoms with Crippen LogP contribution in [0.5, 0.6) is 0 Å². The van der Waals surface area contributed by atoms with Crippen LogP contribution >= 0.6 is 15.9 Å². The van der Waals surface area contributed by atoms with Crippen LogP contribution in [0.3, 0.4) is 0 Å². The average Bonchev–Trinajstić information content (AvgIpc) is 2.84. The zero-order chi connectivity index (χ0) is 15.3. The van der Waals surface area contributed by atoms with Crippen molar-refractivity contribution in [3.63, 3.8) is 0 Å². The molecule has 4 rings (SSSR count). The fourth-order valence-electron chi connectivity index (χ4n) is 3.23. The number of pyridine rings is 1. The third-order valence-electron chi connectivity index (χ3n) is 4.25. The van der Waals surface area contributed by atoms with Gasteiger partial charge in [-0.3, -0.25) is 0 Å². The van der Waals surface area contributed by atoms with Crippen LogP contribution < -0.4 is 4.90 Å². The molecule has 0 fully saturated rings. The predicted octanol–water partition coefficient (Wildman–Crippen LogP) is 4.34. The Bertz CT molecular complexity index is 872. The minimum Gasteiger partial charge on any atom is -0.358 e.